The Morgan fingerprint density at radius 2 is 1.71 bits per heavy atom. The minimum atomic E-state index is 0.671. The molecule has 0 atom stereocenters. The maximum absolute atomic E-state index is 5.23. The Hall–Kier alpha value is -1.87. The van der Waals surface area contributed by atoms with E-state index in [2.05, 4.69) is 10.4 Å². The highest BCUT2D eigenvalue weighted by Crippen LogP contribution is 2.18. The fourth-order valence-electron chi connectivity index (χ4n) is 1.28. The van der Waals surface area contributed by atoms with Crippen LogP contribution in [0.2, 0.25) is 0 Å². The number of nitrogens with one attached hydrogen (secondary N) is 1. The third-order valence-electron chi connectivity index (χ3n) is 2.02. The first-order valence-corrected chi connectivity index (χ1v) is 4.38. The summed E-state index contributed by atoms with van der Waals surface area (Å²) in [4.78, 5) is 4.14. The number of nitrogen functional groups attached to an aromatic ring is 1. The van der Waals surface area contributed by atoms with E-state index in [4.69, 9.17) is 5.84 Å². The first-order valence-electron chi connectivity index (χ1n) is 4.38. The molecule has 0 aliphatic rings. The standard InChI is InChI=1S/C11H11N3/c12-14-11-7-6-10(8-13-11)9-4-2-1-3-5-9/h1-8H,12H2,(H,13,14). The number of hydrogen-bond acceptors (Lipinski definition) is 3. The molecule has 70 valence electrons. The van der Waals surface area contributed by atoms with E-state index in [-0.39, 0.29) is 0 Å². The predicted molar refractivity (Wildman–Crippen MR) is 57.5 cm³/mol. The lowest BCUT2D eigenvalue weighted by atomic mass is 10.1. The molecule has 2 rings (SSSR count). The molecule has 0 unspecified atom stereocenters. The molecule has 3 nitrogen and oxygen atoms in total. The monoisotopic (exact) mass is 185 g/mol. The molecule has 2 aromatic rings. The van der Waals surface area contributed by atoms with Gasteiger partial charge in [-0.25, -0.2) is 10.8 Å². The molecule has 0 saturated carbocycles. The summed E-state index contributed by atoms with van der Waals surface area (Å²) in [5, 5.41) is 0. The zero-order chi connectivity index (χ0) is 9.80. The Morgan fingerprint density at radius 3 is 2.29 bits per heavy atom. The summed E-state index contributed by atoms with van der Waals surface area (Å²) < 4.78 is 0. The van der Waals surface area contributed by atoms with E-state index < -0.39 is 0 Å². The van der Waals surface area contributed by atoms with Gasteiger partial charge in [-0.05, 0) is 17.7 Å². The van der Waals surface area contributed by atoms with Crippen molar-refractivity contribution in [3.63, 3.8) is 0 Å². The molecule has 0 bridgehead atoms. The zero-order valence-corrected chi connectivity index (χ0v) is 7.64. The Morgan fingerprint density at radius 1 is 0.929 bits per heavy atom. The predicted octanol–water partition coefficient (Wildman–Crippen LogP) is 2.03. The van der Waals surface area contributed by atoms with E-state index in [1.807, 2.05) is 42.5 Å². The molecule has 0 spiro atoms. The van der Waals surface area contributed by atoms with Crippen molar-refractivity contribution in [2.75, 3.05) is 5.43 Å². The molecule has 1 heterocycles. The first-order chi connectivity index (χ1) is 6.90. The molecule has 0 amide bonds. The van der Waals surface area contributed by atoms with Crippen LogP contribution in [0, 0.1) is 0 Å². The second-order valence-electron chi connectivity index (χ2n) is 2.94. The third-order valence-corrected chi connectivity index (χ3v) is 2.02. The topological polar surface area (TPSA) is 50.9 Å². The van der Waals surface area contributed by atoms with E-state index in [1.165, 1.54) is 0 Å². The molecule has 0 aliphatic carbocycles. The van der Waals surface area contributed by atoms with Crippen molar-refractivity contribution < 1.29 is 0 Å². The SMILES string of the molecule is NNc1ccc(-c2ccccc2)cn1. The van der Waals surface area contributed by atoms with Crippen LogP contribution in [-0.2, 0) is 0 Å². The Bertz CT molecular complexity index is 395. The minimum Gasteiger partial charge on any atom is -0.308 e. The maximum atomic E-state index is 5.23. The summed E-state index contributed by atoms with van der Waals surface area (Å²) in [5.41, 5.74) is 4.74. The number of aromatic nitrogens is 1. The van der Waals surface area contributed by atoms with E-state index in [0.717, 1.165) is 11.1 Å². The molecule has 3 N–H and O–H groups in total. The number of hydrazine groups is 1. The third kappa shape index (κ3) is 1.72. The number of pyridine rings is 1. The number of nitrogens with two attached hydrogens (primary N) is 1. The van der Waals surface area contributed by atoms with Gasteiger partial charge in [-0.15, -0.1) is 0 Å². The summed E-state index contributed by atoms with van der Waals surface area (Å²) in [6.45, 7) is 0. The highest BCUT2D eigenvalue weighted by Gasteiger charge is 1.96. The number of anilines is 1. The Balaban J connectivity index is 2.34. The normalized spacial score (nSPS) is 9.79. The van der Waals surface area contributed by atoms with Crippen molar-refractivity contribution in [1.29, 1.82) is 0 Å². The average molecular weight is 185 g/mol. The molecule has 0 saturated heterocycles. The summed E-state index contributed by atoms with van der Waals surface area (Å²) in [6.07, 6.45) is 1.80. The lowest BCUT2D eigenvalue weighted by Crippen LogP contribution is -2.07. The molecular formula is C11H11N3. The van der Waals surface area contributed by atoms with Crippen molar-refractivity contribution in [2.24, 2.45) is 5.84 Å². The van der Waals surface area contributed by atoms with Crippen LogP contribution in [0.4, 0.5) is 5.82 Å². The van der Waals surface area contributed by atoms with E-state index in [1.54, 1.807) is 6.20 Å². The second-order valence-corrected chi connectivity index (χ2v) is 2.94. The van der Waals surface area contributed by atoms with Crippen LogP contribution in [0.15, 0.2) is 48.7 Å². The second kappa shape index (κ2) is 3.89. The molecule has 0 radical (unpaired) electrons. The van der Waals surface area contributed by atoms with Gasteiger partial charge in [0.1, 0.15) is 5.82 Å². The number of nitrogens with zero attached hydrogens (tertiary/aromatic N) is 1. The van der Waals surface area contributed by atoms with Gasteiger partial charge in [0.15, 0.2) is 0 Å². The molecular weight excluding hydrogens is 174 g/mol. The van der Waals surface area contributed by atoms with Crippen molar-refractivity contribution in [2.45, 2.75) is 0 Å². The molecule has 0 fully saturated rings. The number of hydrogen-bond donors (Lipinski definition) is 2. The van der Waals surface area contributed by atoms with Gasteiger partial charge in [0.25, 0.3) is 0 Å². The van der Waals surface area contributed by atoms with Gasteiger partial charge < -0.3 is 5.43 Å². The lowest BCUT2D eigenvalue weighted by Gasteiger charge is -2.02. The van der Waals surface area contributed by atoms with Crippen LogP contribution in [0.5, 0.6) is 0 Å². The molecule has 0 aliphatic heterocycles. The van der Waals surface area contributed by atoms with Gasteiger partial charge >= 0.3 is 0 Å². The van der Waals surface area contributed by atoms with Crippen LogP contribution in [-0.4, -0.2) is 4.98 Å². The van der Waals surface area contributed by atoms with Crippen LogP contribution in [0.3, 0.4) is 0 Å². The van der Waals surface area contributed by atoms with E-state index >= 15 is 0 Å². The van der Waals surface area contributed by atoms with Gasteiger partial charge in [0.05, 0.1) is 0 Å². The highest BCUT2D eigenvalue weighted by atomic mass is 15.2. The Kier molecular flexibility index (Phi) is 2.42. The van der Waals surface area contributed by atoms with Crippen LogP contribution in [0.1, 0.15) is 0 Å². The van der Waals surface area contributed by atoms with Crippen LogP contribution >= 0.6 is 0 Å². The van der Waals surface area contributed by atoms with E-state index in [0.29, 0.717) is 5.82 Å². The fraction of sp³-hybridized carbons (Fsp3) is 0. The molecule has 14 heavy (non-hydrogen) atoms. The van der Waals surface area contributed by atoms with Gasteiger partial charge in [0.2, 0.25) is 0 Å². The summed E-state index contributed by atoms with van der Waals surface area (Å²) >= 11 is 0. The highest BCUT2D eigenvalue weighted by molar-refractivity contribution is 5.63. The Labute approximate surface area is 82.6 Å². The van der Waals surface area contributed by atoms with Crippen molar-refractivity contribution in [1.82, 2.24) is 4.98 Å². The fourth-order valence-corrected chi connectivity index (χ4v) is 1.28. The largest absolute Gasteiger partial charge is 0.308 e. The average Bonchev–Trinajstić information content (AvgIpc) is 2.30. The smallest absolute Gasteiger partial charge is 0.139 e. The molecule has 1 aromatic carbocycles. The molecule has 1 aromatic heterocycles. The zero-order valence-electron chi connectivity index (χ0n) is 7.64. The first kappa shape index (κ1) is 8.72. The van der Waals surface area contributed by atoms with Gasteiger partial charge in [-0.2, -0.15) is 0 Å². The van der Waals surface area contributed by atoms with Gasteiger partial charge in [0, 0.05) is 11.8 Å². The summed E-state index contributed by atoms with van der Waals surface area (Å²) in [5.74, 6) is 5.90. The van der Waals surface area contributed by atoms with Crippen molar-refractivity contribution >= 4 is 5.82 Å². The summed E-state index contributed by atoms with van der Waals surface area (Å²) in [7, 11) is 0. The maximum Gasteiger partial charge on any atom is 0.139 e. The van der Waals surface area contributed by atoms with Crippen LogP contribution in [0.25, 0.3) is 11.1 Å². The van der Waals surface area contributed by atoms with Gasteiger partial charge in [-0.3, -0.25) is 0 Å². The molecule has 3 heteroatoms. The van der Waals surface area contributed by atoms with E-state index in [9.17, 15) is 0 Å². The minimum absolute atomic E-state index is 0.671. The van der Waals surface area contributed by atoms with Crippen molar-refractivity contribution in [3.8, 4) is 11.1 Å². The quantitative estimate of drug-likeness (QED) is 0.556. The number of rotatable bonds is 2. The summed E-state index contributed by atoms with van der Waals surface area (Å²) in [6, 6.07) is 13.9. The van der Waals surface area contributed by atoms with Crippen molar-refractivity contribution in [3.05, 3.63) is 48.7 Å². The lowest BCUT2D eigenvalue weighted by molar-refractivity contribution is 1.23. The van der Waals surface area contributed by atoms with Crippen LogP contribution < -0.4 is 11.3 Å². The van der Waals surface area contributed by atoms with Gasteiger partial charge in [-0.1, -0.05) is 30.3 Å². The number of benzene rings is 1.